The zero-order valence-corrected chi connectivity index (χ0v) is 11.6. The molecule has 1 aliphatic carbocycles. The summed E-state index contributed by atoms with van der Waals surface area (Å²) in [4.78, 5) is 0. The Balaban J connectivity index is 2.45. The quantitative estimate of drug-likeness (QED) is 0.430. The van der Waals surface area contributed by atoms with E-state index in [1.165, 1.54) is 0 Å². The summed E-state index contributed by atoms with van der Waals surface area (Å²) in [7, 11) is 0. The van der Waals surface area contributed by atoms with E-state index in [9.17, 15) is 26.3 Å². The highest BCUT2D eigenvalue weighted by Crippen LogP contribution is 2.36. The fraction of sp³-hybridized carbons (Fsp3) is 0.438. The highest BCUT2D eigenvalue weighted by atomic mass is 19.4. The molecule has 0 bridgehead atoms. The maximum Gasteiger partial charge on any atom is 0.424 e. The average molecular weight is 320 g/mol. The molecule has 0 unspecified atom stereocenters. The van der Waals surface area contributed by atoms with Gasteiger partial charge in [0.05, 0.1) is 5.56 Å². The number of rotatable bonds is 1. The zero-order valence-electron chi connectivity index (χ0n) is 11.6. The lowest BCUT2D eigenvalue weighted by Gasteiger charge is -2.14. The molecular formula is C16H14F6. The Kier molecular flexibility index (Phi) is 4.71. The van der Waals surface area contributed by atoms with Gasteiger partial charge in [-0.15, -0.1) is 5.73 Å². The van der Waals surface area contributed by atoms with Crippen molar-refractivity contribution in [3.63, 3.8) is 0 Å². The molecule has 0 N–H and O–H groups in total. The smallest absolute Gasteiger partial charge is 0.166 e. The largest absolute Gasteiger partial charge is 0.424 e. The number of alkyl halides is 6. The molecule has 0 radical (unpaired) electrons. The van der Waals surface area contributed by atoms with Crippen molar-refractivity contribution in [2.24, 2.45) is 0 Å². The first-order valence-corrected chi connectivity index (χ1v) is 6.91. The van der Waals surface area contributed by atoms with E-state index in [0.717, 1.165) is 31.4 Å². The van der Waals surface area contributed by atoms with E-state index in [2.05, 4.69) is 5.73 Å². The second-order valence-corrected chi connectivity index (χ2v) is 5.24. The summed E-state index contributed by atoms with van der Waals surface area (Å²) in [5, 5.41) is 0. The molecule has 0 nitrogen and oxygen atoms in total. The Bertz CT molecular complexity index is 575. The van der Waals surface area contributed by atoms with Gasteiger partial charge in [0.2, 0.25) is 0 Å². The van der Waals surface area contributed by atoms with Crippen molar-refractivity contribution in [2.75, 3.05) is 0 Å². The summed E-state index contributed by atoms with van der Waals surface area (Å²) in [6.45, 7) is 0. The minimum absolute atomic E-state index is 0.293. The summed E-state index contributed by atoms with van der Waals surface area (Å²) in [6.07, 6.45) is -5.49. The predicted molar refractivity (Wildman–Crippen MR) is 71.0 cm³/mol. The standard InChI is InChI=1S/C16H14F6/c17-15(18,19)13-8-6-12(7-9-13)14(16(20,21)22)10-11-4-2-1-3-5-11/h6-9H,1-5H2. The second kappa shape index (κ2) is 6.21. The summed E-state index contributed by atoms with van der Waals surface area (Å²) >= 11 is 0. The molecular weight excluding hydrogens is 306 g/mol. The van der Waals surface area contributed by atoms with Crippen LogP contribution in [0.1, 0.15) is 43.2 Å². The van der Waals surface area contributed by atoms with Gasteiger partial charge in [-0.3, -0.25) is 0 Å². The predicted octanol–water partition coefficient (Wildman–Crippen LogP) is 6.14. The minimum atomic E-state index is -4.65. The normalized spacial score (nSPS) is 16.4. The fourth-order valence-corrected chi connectivity index (χ4v) is 2.41. The van der Waals surface area contributed by atoms with E-state index in [-0.39, 0.29) is 5.56 Å². The van der Waals surface area contributed by atoms with Gasteiger partial charge in [0.25, 0.3) is 0 Å². The number of hydrogen-bond donors (Lipinski definition) is 0. The summed E-state index contributed by atoms with van der Waals surface area (Å²) in [5.41, 5.74) is 0.715. The molecule has 0 aliphatic heterocycles. The van der Waals surface area contributed by atoms with E-state index < -0.39 is 23.5 Å². The van der Waals surface area contributed by atoms with E-state index in [0.29, 0.717) is 30.5 Å². The Hall–Kier alpha value is -1.68. The van der Waals surface area contributed by atoms with Gasteiger partial charge >= 0.3 is 12.4 Å². The molecule has 0 heterocycles. The van der Waals surface area contributed by atoms with Gasteiger partial charge in [0, 0.05) is 0 Å². The molecule has 0 atom stereocenters. The molecule has 1 saturated carbocycles. The van der Waals surface area contributed by atoms with Crippen LogP contribution in [0.25, 0.3) is 5.57 Å². The molecule has 0 spiro atoms. The van der Waals surface area contributed by atoms with E-state index >= 15 is 0 Å². The van der Waals surface area contributed by atoms with Gasteiger partial charge in [0.1, 0.15) is 5.57 Å². The van der Waals surface area contributed by atoms with Crippen molar-refractivity contribution >= 4 is 5.57 Å². The number of allylic oxidation sites excluding steroid dienone is 1. The molecule has 0 saturated heterocycles. The maximum absolute atomic E-state index is 13.2. The number of halogens is 6. The van der Waals surface area contributed by atoms with Gasteiger partial charge in [-0.05, 0) is 49.0 Å². The first-order valence-electron chi connectivity index (χ1n) is 6.91. The first-order chi connectivity index (χ1) is 10.2. The Morgan fingerprint density at radius 3 is 1.82 bits per heavy atom. The molecule has 1 aromatic rings. The lowest BCUT2D eigenvalue weighted by atomic mass is 9.94. The molecule has 1 fully saturated rings. The van der Waals surface area contributed by atoms with Crippen molar-refractivity contribution in [2.45, 2.75) is 44.5 Å². The van der Waals surface area contributed by atoms with Crippen LogP contribution in [0.5, 0.6) is 0 Å². The first kappa shape index (κ1) is 16.7. The molecule has 22 heavy (non-hydrogen) atoms. The molecule has 0 amide bonds. The SMILES string of the molecule is FC(F)(F)C(=C=C1CCCCC1)c1ccc(C(F)(F)F)cc1. The summed E-state index contributed by atoms with van der Waals surface area (Å²) < 4.78 is 76.9. The van der Waals surface area contributed by atoms with Crippen molar-refractivity contribution in [3.8, 4) is 0 Å². The van der Waals surface area contributed by atoms with Crippen LogP contribution in [0.15, 0.2) is 35.6 Å². The third-order valence-electron chi connectivity index (χ3n) is 3.54. The van der Waals surface area contributed by atoms with Crippen LogP contribution in [0.4, 0.5) is 26.3 Å². The molecule has 1 aliphatic rings. The van der Waals surface area contributed by atoms with E-state index in [1.807, 2.05) is 0 Å². The minimum Gasteiger partial charge on any atom is -0.166 e. The van der Waals surface area contributed by atoms with Gasteiger partial charge in [-0.2, -0.15) is 26.3 Å². The van der Waals surface area contributed by atoms with Crippen LogP contribution >= 0.6 is 0 Å². The van der Waals surface area contributed by atoms with Crippen LogP contribution in [-0.2, 0) is 6.18 Å². The van der Waals surface area contributed by atoms with Gasteiger partial charge < -0.3 is 0 Å². The van der Waals surface area contributed by atoms with Crippen molar-refractivity contribution in [1.82, 2.24) is 0 Å². The molecule has 6 heteroatoms. The van der Waals surface area contributed by atoms with Crippen LogP contribution in [0.2, 0.25) is 0 Å². The fourth-order valence-electron chi connectivity index (χ4n) is 2.41. The molecule has 120 valence electrons. The monoisotopic (exact) mass is 320 g/mol. The summed E-state index contributed by atoms with van der Waals surface area (Å²) in [5.74, 6) is 0. The Morgan fingerprint density at radius 2 is 1.36 bits per heavy atom. The Morgan fingerprint density at radius 1 is 0.818 bits per heavy atom. The van der Waals surface area contributed by atoms with Gasteiger partial charge in [0.15, 0.2) is 0 Å². The second-order valence-electron chi connectivity index (χ2n) is 5.24. The third kappa shape index (κ3) is 4.17. The highest BCUT2D eigenvalue weighted by Gasteiger charge is 2.36. The van der Waals surface area contributed by atoms with Crippen LogP contribution in [0.3, 0.4) is 0 Å². The van der Waals surface area contributed by atoms with Crippen LogP contribution < -0.4 is 0 Å². The van der Waals surface area contributed by atoms with Gasteiger partial charge in [-0.25, -0.2) is 0 Å². The lowest BCUT2D eigenvalue weighted by Crippen LogP contribution is -2.11. The molecule has 0 aromatic heterocycles. The van der Waals surface area contributed by atoms with Crippen molar-refractivity contribution in [1.29, 1.82) is 0 Å². The van der Waals surface area contributed by atoms with Gasteiger partial charge in [-0.1, -0.05) is 18.6 Å². The number of benzene rings is 1. The zero-order chi connectivity index (χ0) is 16.4. The summed E-state index contributed by atoms with van der Waals surface area (Å²) in [6, 6.07) is 3.02. The molecule has 2 rings (SSSR count). The topological polar surface area (TPSA) is 0 Å². The maximum atomic E-state index is 13.2. The molecule has 1 aromatic carbocycles. The third-order valence-corrected chi connectivity index (χ3v) is 3.54. The average Bonchev–Trinajstić information content (AvgIpc) is 2.44. The Labute approximate surface area is 124 Å². The van der Waals surface area contributed by atoms with Crippen LogP contribution in [-0.4, -0.2) is 6.18 Å². The van der Waals surface area contributed by atoms with Crippen molar-refractivity contribution in [3.05, 3.63) is 46.7 Å². The highest BCUT2D eigenvalue weighted by molar-refractivity contribution is 5.69. The lowest BCUT2D eigenvalue weighted by molar-refractivity contribution is -0.137. The van der Waals surface area contributed by atoms with Crippen LogP contribution in [0, 0.1) is 0 Å². The van der Waals surface area contributed by atoms with Crippen molar-refractivity contribution < 1.29 is 26.3 Å². The van der Waals surface area contributed by atoms with E-state index in [4.69, 9.17) is 0 Å². The number of hydrogen-bond acceptors (Lipinski definition) is 0. The van der Waals surface area contributed by atoms with E-state index in [1.54, 1.807) is 0 Å².